The number of carbonyl (C=O) groups is 2. The molecule has 0 bridgehead atoms. The van der Waals surface area contributed by atoms with Crippen molar-refractivity contribution in [2.45, 2.75) is 25.8 Å². The van der Waals surface area contributed by atoms with Gasteiger partial charge in [0.15, 0.2) is 0 Å². The lowest BCUT2D eigenvalue weighted by atomic mass is 10.2. The fraction of sp³-hybridized carbons (Fsp3) is 0.500. The SMILES string of the molecule is CCC[C@H](NC(=O)Nc1nncs1)C(=O)O. The van der Waals surface area contributed by atoms with Crippen LogP contribution in [0, 0.1) is 0 Å². The molecule has 16 heavy (non-hydrogen) atoms. The molecule has 1 aromatic heterocycles. The molecule has 2 amide bonds. The van der Waals surface area contributed by atoms with Gasteiger partial charge in [-0.15, -0.1) is 10.2 Å². The second-order valence-electron chi connectivity index (χ2n) is 3.02. The lowest BCUT2D eigenvalue weighted by molar-refractivity contribution is -0.139. The van der Waals surface area contributed by atoms with E-state index in [9.17, 15) is 9.59 Å². The topological polar surface area (TPSA) is 104 Å². The maximum atomic E-state index is 11.4. The van der Waals surface area contributed by atoms with Gasteiger partial charge in [-0.1, -0.05) is 24.7 Å². The highest BCUT2D eigenvalue weighted by Gasteiger charge is 2.18. The summed E-state index contributed by atoms with van der Waals surface area (Å²) in [5.41, 5.74) is 1.47. The van der Waals surface area contributed by atoms with Crippen molar-refractivity contribution < 1.29 is 14.7 Å². The number of nitrogens with one attached hydrogen (secondary N) is 2. The number of aromatic nitrogens is 2. The number of amides is 2. The van der Waals surface area contributed by atoms with Gasteiger partial charge in [-0.2, -0.15) is 0 Å². The zero-order chi connectivity index (χ0) is 12.0. The first-order valence-corrected chi connectivity index (χ1v) is 5.58. The number of hydrogen-bond acceptors (Lipinski definition) is 5. The Balaban J connectivity index is 2.45. The second kappa shape index (κ2) is 6.01. The summed E-state index contributed by atoms with van der Waals surface area (Å²) in [5, 5.41) is 21.0. The number of carboxylic acids is 1. The Morgan fingerprint density at radius 3 is 2.88 bits per heavy atom. The predicted molar refractivity (Wildman–Crippen MR) is 58.4 cm³/mol. The number of hydrogen-bond donors (Lipinski definition) is 3. The van der Waals surface area contributed by atoms with Crippen LogP contribution in [-0.2, 0) is 4.79 Å². The second-order valence-corrected chi connectivity index (χ2v) is 3.86. The lowest BCUT2D eigenvalue weighted by Crippen LogP contribution is -2.42. The van der Waals surface area contributed by atoms with Gasteiger partial charge in [-0.05, 0) is 6.42 Å². The van der Waals surface area contributed by atoms with Crippen LogP contribution in [0.25, 0.3) is 0 Å². The molecule has 1 atom stereocenters. The van der Waals surface area contributed by atoms with E-state index in [0.717, 1.165) is 11.3 Å². The smallest absolute Gasteiger partial charge is 0.326 e. The van der Waals surface area contributed by atoms with Crippen molar-refractivity contribution >= 4 is 28.5 Å². The molecule has 0 aliphatic carbocycles. The number of anilines is 1. The molecule has 0 radical (unpaired) electrons. The molecule has 3 N–H and O–H groups in total. The molecule has 1 rings (SSSR count). The molecule has 0 saturated carbocycles. The zero-order valence-corrected chi connectivity index (χ0v) is 9.45. The summed E-state index contributed by atoms with van der Waals surface area (Å²) in [5.74, 6) is -1.05. The quantitative estimate of drug-likeness (QED) is 0.714. The zero-order valence-electron chi connectivity index (χ0n) is 8.64. The summed E-state index contributed by atoms with van der Waals surface area (Å²) >= 11 is 1.16. The molecule has 0 aliphatic heterocycles. The fourth-order valence-corrected chi connectivity index (χ4v) is 1.51. The lowest BCUT2D eigenvalue weighted by Gasteiger charge is -2.12. The van der Waals surface area contributed by atoms with Crippen molar-refractivity contribution in [1.82, 2.24) is 15.5 Å². The third kappa shape index (κ3) is 3.81. The molecular formula is C8H12N4O3S. The summed E-state index contributed by atoms with van der Waals surface area (Å²) in [6.45, 7) is 1.85. The molecule has 8 heteroatoms. The van der Waals surface area contributed by atoms with E-state index in [0.29, 0.717) is 18.0 Å². The third-order valence-corrected chi connectivity index (χ3v) is 2.37. The van der Waals surface area contributed by atoms with Crippen LogP contribution in [0.4, 0.5) is 9.93 Å². The summed E-state index contributed by atoms with van der Waals surface area (Å²) in [4.78, 5) is 22.1. The van der Waals surface area contributed by atoms with E-state index in [1.165, 1.54) is 5.51 Å². The van der Waals surface area contributed by atoms with Crippen LogP contribution in [0.3, 0.4) is 0 Å². The minimum atomic E-state index is -1.05. The Labute approximate surface area is 95.9 Å². The summed E-state index contributed by atoms with van der Waals surface area (Å²) < 4.78 is 0. The molecule has 0 aliphatic rings. The molecule has 0 fully saturated rings. The molecule has 0 saturated heterocycles. The van der Waals surface area contributed by atoms with Gasteiger partial charge in [-0.3, -0.25) is 5.32 Å². The van der Waals surface area contributed by atoms with Crippen molar-refractivity contribution in [3.63, 3.8) is 0 Å². The van der Waals surface area contributed by atoms with Crippen molar-refractivity contribution in [3.8, 4) is 0 Å². The van der Waals surface area contributed by atoms with Gasteiger partial charge in [0.25, 0.3) is 0 Å². The van der Waals surface area contributed by atoms with E-state index in [1.54, 1.807) is 0 Å². The first-order valence-electron chi connectivity index (χ1n) is 4.70. The first kappa shape index (κ1) is 12.4. The van der Waals surface area contributed by atoms with Gasteiger partial charge in [-0.25, -0.2) is 9.59 Å². The van der Waals surface area contributed by atoms with Crippen LogP contribution in [0.15, 0.2) is 5.51 Å². The Morgan fingerprint density at radius 2 is 2.38 bits per heavy atom. The number of aliphatic carboxylic acids is 1. The number of urea groups is 1. The average Bonchev–Trinajstić information content (AvgIpc) is 2.69. The Kier molecular flexibility index (Phi) is 4.65. The number of carboxylic acid groups (broad SMARTS) is 1. The van der Waals surface area contributed by atoms with Crippen molar-refractivity contribution in [2.24, 2.45) is 0 Å². The largest absolute Gasteiger partial charge is 0.480 e. The number of nitrogens with zero attached hydrogens (tertiary/aromatic N) is 2. The van der Waals surface area contributed by atoms with Crippen molar-refractivity contribution in [3.05, 3.63) is 5.51 Å². The summed E-state index contributed by atoms with van der Waals surface area (Å²) in [7, 11) is 0. The fourth-order valence-electron chi connectivity index (χ4n) is 1.07. The number of carbonyl (C=O) groups excluding carboxylic acids is 1. The molecule has 88 valence electrons. The van der Waals surface area contributed by atoms with Crippen molar-refractivity contribution in [1.29, 1.82) is 0 Å². The van der Waals surface area contributed by atoms with E-state index >= 15 is 0 Å². The van der Waals surface area contributed by atoms with Gasteiger partial charge >= 0.3 is 12.0 Å². The Bertz CT molecular complexity index is 354. The maximum Gasteiger partial charge on any atom is 0.326 e. The average molecular weight is 244 g/mol. The van der Waals surface area contributed by atoms with Crippen LogP contribution < -0.4 is 10.6 Å². The van der Waals surface area contributed by atoms with Crippen LogP contribution in [0.5, 0.6) is 0 Å². The van der Waals surface area contributed by atoms with Gasteiger partial charge in [0.05, 0.1) is 0 Å². The van der Waals surface area contributed by atoms with Crippen LogP contribution >= 0.6 is 11.3 Å². The molecular weight excluding hydrogens is 232 g/mol. The van der Waals surface area contributed by atoms with E-state index in [-0.39, 0.29) is 0 Å². The Hall–Kier alpha value is -1.70. The van der Waals surface area contributed by atoms with E-state index in [1.807, 2.05) is 6.92 Å². The summed E-state index contributed by atoms with van der Waals surface area (Å²) in [6.07, 6.45) is 1.06. The minimum Gasteiger partial charge on any atom is -0.480 e. The van der Waals surface area contributed by atoms with Gasteiger partial charge in [0.1, 0.15) is 11.6 Å². The molecule has 7 nitrogen and oxygen atoms in total. The van der Waals surface area contributed by atoms with Crippen LogP contribution in [-0.4, -0.2) is 33.3 Å². The highest BCUT2D eigenvalue weighted by atomic mass is 32.1. The molecule has 0 unspecified atom stereocenters. The van der Waals surface area contributed by atoms with Crippen LogP contribution in [0.2, 0.25) is 0 Å². The summed E-state index contributed by atoms with van der Waals surface area (Å²) in [6, 6.07) is -1.46. The molecule has 0 aromatic carbocycles. The van der Waals surface area contributed by atoms with Gasteiger partial charge in [0, 0.05) is 0 Å². The normalized spacial score (nSPS) is 11.8. The minimum absolute atomic E-state index is 0.332. The monoisotopic (exact) mass is 244 g/mol. The third-order valence-electron chi connectivity index (χ3n) is 1.76. The molecule has 1 heterocycles. The van der Waals surface area contributed by atoms with Gasteiger partial charge < -0.3 is 10.4 Å². The van der Waals surface area contributed by atoms with E-state index in [4.69, 9.17) is 5.11 Å². The van der Waals surface area contributed by atoms with E-state index in [2.05, 4.69) is 20.8 Å². The highest BCUT2D eigenvalue weighted by Crippen LogP contribution is 2.07. The Morgan fingerprint density at radius 1 is 1.62 bits per heavy atom. The molecule has 0 spiro atoms. The molecule has 1 aromatic rings. The highest BCUT2D eigenvalue weighted by molar-refractivity contribution is 7.13. The number of rotatable bonds is 5. The van der Waals surface area contributed by atoms with E-state index < -0.39 is 18.0 Å². The predicted octanol–water partition coefficient (Wildman–Crippen LogP) is 0.913. The standard InChI is InChI=1S/C8H12N4O3S/c1-2-3-5(6(13)14)10-7(15)11-8-12-9-4-16-8/h4-5H,2-3H2,1H3,(H,13,14)(H2,10,11,12,15)/t5-/m0/s1. The first-order chi connectivity index (χ1) is 7.63. The van der Waals surface area contributed by atoms with Crippen molar-refractivity contribution in [2.75, 3.05) is 5.32 Å². The van der Waals surface area contributed by atoms with Gasteiger partial charge in [0.2, 0.25) is 5.13 Å². The maximum absolute atomic E-state index is 11.4. The van der Waals surface area contributed by atoms with Crippen LogP contribution in [0.1, 0.15) is 19.8 Å².